The number of likely N-dealkylation sites (tertiary alicyclic amines) is 1. The predicted molar refractivity (Wildman–Crippen MR) is 78.9 cm³/mol. The molecule has 0 bridgehead atoms. The van der Waals surface area contributed by atoms with E-state index in [-0.39, 0.29) is 5.54 Å². The molecular formula is C16H32N2. The van der Waals surface area contributed by atoms with Crippen LogP contribution < -0.4 is 5.32 Å². The van der Waals surface area contributed by atoms with E-state index in [1.54, 1.807) is 0 Å². The van der Waals surface area contributed by atoms with E-state index in [0.29, 0.717) is 5.41 Å². The Morgan fingerprint density at radius 2 is 1.94 bits per heavy atom. The highest BCUT2D eigenvalue weighted by atomic mass is 15.2. The molecule has 18 heavy (non-hydrogen) atoms. The molecule has 0 aromatic heterocycles. The molecule has 2 unspecified atom stereocenters. The van der Waals surface area contributed by atoms with Gasteiger partial charge < -0.3 is 5.32 Å². The smallest absolute Gasteiger partial charge is 0.0146 e. The van der Waals surface area contributed by atoms with Crippen LogP contribution in [0, 0.1) is 11.3 Å². The summed E-state index contributed by atoms with van der Waals surface area (Å²) < 4.78 is 0. The van der Waals surface area contributed by atoms with E-state index in [4.69, 9.17) is 0 Å². The second-order valence-corrected chi connectivity index (χ2v) is 8.18. The Hall–Kier alpha value is -0.0800. The highest BCUT2D eigenvalue weighted by Gasteiger charge is 2.40. The van der Waals surface area contributed by atoms with Crippen LogP contribution in [-0.2, 0) is 0 Å². The first-order chi connectivity index (χ1) is 8.28. The van der Waals surface area contributed by atoms with Crippen LogP contribution in [0.15, 0.2) is 0 Å². The fraction of sp³-hybridized carbons (Fsp3) is 1.00. The van der Waals surface area contributed by atoms with Crippen molar-refractivity contribution < 1.29 is 0 Å². The zero-order valence-corrected chi connectivity index (χ0v) is 13.1. The quantitative estimate of drug-likeness (QED) is 0.829. The van der Waals surface area contributed by atoms with Gasteiger partial charge in [-0.15, -0.1) is 0 Å². The Morgan fingerprint density at radius 1 is 1.22 bits per heavy atom. The van der Waals surface area contributed by atoms with Gasteiger partial charge in [-0.1, -0.05) is 20.3 Å². The van der Waals surface area contributed by atoms with Crippen molar-refractivity contribution in [1.82, 2.24) is 10.2 Å². The van der Waals surface area contributed by atoms with Gasteiger partial charge in [0.2, 0.25) is 0 Å². The monoisotopic (exact) mass is 252 g/mol. The van der Waals surface area contributed by atoms with Gasteiger partial charge >= 0.3 is 0 Å². The number of nitrogens with zero attached hydrogens (tertiary/aromatic N) is 1. The maximum Gasteiger partial charge on any atom is 0.0146 e. The Bertz CT molecular complexity index is 277. The average Bonchev–Trinajstić information content (AvgIpc) is 2.79. The molecule has 106 valence electrons. The maximum absolute atomic E-state index is 3.67. The fourth-order valence-electron chi connectivity index (χ4n) is 3.75. The molecule has 1 heterocycles. The van der Waals surface area contributed by atoms with Gasteiger partial charge in [0.15, 0.2) is 0 Å². The summed E-state index contributed by atoms with van der Waals surface area (Å²) in [5.74, 6) is 0.862. The summed E-state index contributed by atoms with van der Waals surface area (Å²) in [5.41, 5.74) is 0.812. The summed E-state index contributed by atoms with van der Waals surface area (Å²) in [7, 11) is 0. The zero-order valence-electron chi connectivity index (χ0n) is 13.1. The van der Waals surface area contributed by atoms with Crippen LogP contribution in [0.5, 0.6) is 0 Å². The van der Waals surface area contributed by atoms with Crippen molar-refractivity contribution in [3.05, 3.63) is 0 Å². The van der Waals surface area contributed by atoms with E-state index in [0.717, 1.165) is 12.0 Å². The molecule has 2 heteroatoms. The fourth-order valence-corrected chi connectivity index (χ4v) is 3.75. The van der Waals surface area contributed by atoms with Crippen molar-refractivity contribution >= 4 is 0 Å². The molecule has 2 nitrogen and oxygen atoms in total. The van der Waals surface area contributed by atoms with Gasteiger partial charge in [-0.25, -0.2) is 0 Å². The minimum atomic E-state index is 0.264. The van der Waals surface area contributed by atoms with Gasteiger partial charge in [0, 0.05) is 18.1 Å². The van der Waals surface area contributed by atoms with E-state index in [1.807, 2.05) is 0 Å². The SMILES string of the molecule is CC(C)(C)NCC1CCN(C2CCCC2(C)C)C1. The normalized spacial score (nSPS) is 33.2. The molecule has 1 aliphatic heterocycles. The van der Waals surface area contributed by atoms with E-state index in [1.165, 1.54) is 45.3 Å². The molecule has 1 N–H and O–H groups in total. The summed E-state index contributed by atoms with van der Waals surface area (Å²) in [6.45, 7) is 15.5. The van der Waals surface area contributed by atoms with Gasteiger partial charge in [-0.2, -0.15) is 0 Å². The lowest BCUT2D eigenvalue weighted by molar-refractivity contribution is 0.135. The Labute approximate surface area is 114 Å². The molecule has 2 rings (SSSR count). The van der Waals surface area contributed by atoms with Crippen LogP contribution in [0.4, 0.5) is 0 Å². The van der Waals surface area contributed by atoms with Crippen LogP contribution in [0.2, 0.25) is 0 Å². The van der Waals surface area contributed by atoms with Gasteiger partial charge in [-0.05, 0) is 64.5 Å². The molecule has 1 saturated heterocycles. The summed E-state index contributed by atoms with van der Waals surface area (Å²) in [6, 6.07) is 0.845. The third-order valence-corrected chi connectivity index (χ3v) is 4.88. The van der Waals surface area contributed by atoms with Crippen molar-refractivity contribution in [3.8, 4) is 0 Å². The first-order valence-electron chi connectivity index (χ1n) is 7.77. The first-order valence-corrected chi connectivity index (χ1v) is 7.77. The van der Waals surface area contributed by atoms with Gasteiger partial charge in [0.05, 0.1) is 0 Å². The van der Waals surface area contributed by atoms with Gasteiger partial charge in [0.1, 0.15) is 0 Å². The third kappa shape index (κ3) is 3.48. The molecular weight excluding hydrogens is 220 g/mol. The maximum atomic E-state index is 3.67. The van der Waals surface area contributed by atoms with Gasteiger partial charge in [-0.3, -0.25) is 4.90 Å². The lowest BCUT2D eigenvalue weighted by Gasteiger charge is -2.35. The molecule has 0 spiro atoms. The summed E-state index contributed by atoms with van der Waals surface area (Å²) in [6.07, 6.45) is 5.65. The van der Waals surface area contributed by atoms with E-state index >= 15 is 0 Å². The van der Waals surface area contributed by atoms with Crippen molar-refractivity contribution in [2.75, 3.05) is 19.6 Å². The lowest BCUT2D eigenvalue weighted by atomic mass is 9.86. The predicted octanol–water partition coefficient (Wildman–Crippen LogP) is 3.28. The minimum Gasteiger partial charge on any atom is -0.312 e. The van der Waals surface area contributed by atoms with Crippen LogP contribution in [0.25, 0.3) is 0 Å². The van der Waals surface area contributed by atoms with Gasteiger partial charge in [0.25, 0.3) is 0 Å². The highest BCUT2D eigenvalue weighted by molar-refractivity contribution is 4.95. The molecule has 1 aliphatic carbocycles. The second kappa shape index (κ2) is 5.13. The van der Waals surface area contributed by atoms with E-state index < -0.39 is 0 Å². The van der Waals surface area contributed by atoms with Crippen molar-refractivity contribution in [2.45, 2.75) is 71.9 Å². The number of rotatable bonds is 3. The van der Waals surface area contributed by atoms with E-state index in [2.05, 4.69) is 44.8 Å². The number of nitrogens with one attached hydrogen (secondary N) is 1. The second-order valence-electron chi connectivity index (χ2n) is 8.18. The molecule has 0 aromatic rings. The molecule has 2 fully saturated rings. The summed E-state index contributed by atoms with van der Waals surface area (Å²) in [4.78, 5) is 2.78. The standard InChI is InChI=1S/C16H32N2/c1-15(2,3)17-11-13-8-10-18(12-13)14-7-6-9-16(14,4)5/h13-14,17H,6-12H2,1-5H3. The molecule has 0 radical (unpaired) electrons. The zero-order chi connectivity index (χ0) is 13.4. The van der Waals surface area contributed by atoms with Crippen molar-refractivity contribution in [1.29, 1.82) is 0 Å². The summed E-state index contributed by atoms with van der Waals surface area (Å²) in [5, 5.41) is 3.67. The van der Waals surface area contributed by atoms with E-state index in [9.17, 15) is 0 Å². The molecule has 0 aromatic carbocycles. The first kappa shape index (κ1) is 14.3. The van der Waals surface area contributed by atoms with Crippen LogP contribution in [0.1, 0.15) is 60.3 Å². The largest absolute Gasteiger partial charge is 0.312 e. The van der Waals surface area contributed by atoms with Crippen LogP contribution in [-0.4, -0.2) is 36.1 Å². The number of hydrogen-bond donors (Lipinski definition) is 1. The minimum absolute atomic E-state index is 0.264. The average molecular weight is 252 g/mol. The third-order valence-electron chi connectivity index (χ3n) is 4.88. The van der Waals surface area contributed by atoms with Crippen LogP contribution >= 0.6 is 0 Å². The number of hydrogen-bond acceptors (Lipinski definition) is 2. The topological polar surface area (TPSA) is 15.3 Å². The molecule has 0 amide bonds. The molecule has 2 aliphatic rings. The Balaban J connectivity index is 1.81. The molecule has 1 saturated carbocycles. The Kier molecular flexibility index (Phi) is 4.08. The Morgan fingerprint density at radius 3 is 2.50 bits per heavy atom. The van der Waals surface area contributed by atoms with Crippen LogP contribution in [0.3, 0.4) is 0 Å². The molecule has 2 atom stereocenters. The van der Waals surface area contributed by atoms with Crippen molar-refractivity contribution in [2.24, 2.45) is 11.3 Å². The highest BCUT2D eigenvalue weighted by Crippen LogP contribution is 2.42. The summed E-state index contributed by atoms with van der Waals surface area (Å²) >= 11 is 0. The lowest BCUT2D eigenvalue weighted by Crippen LogP contribution is -2.42. The van der Waals surface area contributed by atoms with Crippen molar-refractivity contribution in [3.63, 3.8) is 0 Å².